The Morgan fingerprint density at radius 1 is 1.29 bits per heavy atom. The first-order valence-corrected chi connectivity index (χ1v) is 9.24. The van der Waals surface area contributed by atoms with E-state index >= 15 is 0 Å². The van der Waals surface area contributed by atoms with Crippen LogP contribution in [0, 0.1) is 12.8 Å². The average molecular weight is 308 g/mol. The third kappa shape index (κ3) is 3.15. The average Bonchev–Trinajstić information content (AvgIpc) is 3.17. The summed E-state index contributed by atoms with van der Waals surface area (Å²) in [6, 6.07) is 6.26. The molecule has 1 saturated carbocycles. The molecule has 1 atom stereocenters. The lowest BCUT2D eigenvalue weighted by Crippen LogP contribution is -2.29. The Kier molecular flexibility index (Phi) is 4.08. The van der Waals surface area contributed by atoms with Gasteiger partial charge in [-0.2, -0.15) is 4.31 Å². The molecule has 116 valence electrons. The van der Waals surface area contributed by atoms with Crippen molar-refractivity contribution in [3.05, 3.63) is 29.3 Å². The molecule has 1 saturated heterocycles. The molecule has 1 aliphatic heterocycles. The zero-order chi connectivity index (χ0) is 15.0. The first kappa shape index (κ1) is 15.0. The van der Waals surface area contributed by atoms with E-state index in [0.29, 0.717) is 29.9 Å². The molecule has 4 nitrogen and oxygen atoms in total. The van der Waals surface area contributed by atoms with Gasteiger partial charge < -0.3 is 5.32 Å². The molecule has 2 fully saturated rings. The Morgan fingerprint density at radius 3 is 2.67 bits per heavy atom. The van der Waals surface area contributed by atoms with Gasteiger partial charge in [0.25, 0.3) is 0 Å². The van der Waals surface area contributed by atoms with Crippen LogP contribution >= 0.6 is 0 Å². The molecule has 0 bridgehead atoms. The highest BCUT2D eigenvalue weighted by molar-refractivity contribution is 7.89. The summed E-state index contributed by atoms with van der Waals surface area (Å²) in [6.07, 6.45) is 3.44. The highest BCUT2D eigenvalue weighted by Crippen LogP contribution is 2.28. The monoisotopic (exact) mass is 308 g/mol. The lowest BCUT2D eigenvalue weighted by molar-refractivity contribution is 0.464. The Balaban J connectivity index is 1.85. The number of hydrogen-bond donors (Lipinski definition) is 1. The number of nitrogens with zero attached hydrogens (tertiary/aromatic N) is 1. The van der Waals surface area contributed by atoms with Gasteiger partial charge in [-0.1, -0.05) is 19.1 Å². The highest BCUT2D eigenvalue weighted by Gasteiger charge is 2.32. The van der Waals surface area contributed by atoms with E-state index in [2.05, 4.69) is 12.2 Å². The predicted octanol–water partition coefficient (Wildman–Crippen LogP) is 2.28. The summed E-state index contributed by atoms with van der Waals surface area (Å²) >= 11 is 0. The summed E-state index contributed by atoms with van der Waals surface area (Å²) < 4.78 is 27.3. The summed E-state index contributed by atoms with van der Waals surface area (Å²) in [5.41, 5.74) is 1.99. The largest absolute Gasteiger partial charge is 0.310 e. The molecule has 2 aliphatic rings. The van der Waals surface area contributed by atoms with Crippen molar-refractivity contribution in [2.45, 2.75) is 50.6 Å². The van der Waals surface area contributed by atoms with Gasteiger partial charge in [0.05, 0.1) is 4.90 Å². The Hall–Kier alpha value is -0.910. The zero-order valence-corrected chi connectivity index (χ0v) is 13.6. The molecule has 21 heavy (non-hydrogen) atoms. The summed E-state index contributed by atoms with van der Waals surface area (Å²) in [4.78, 5) is 0.478. The smallest absolute Gasteiger partial charge is 0.243 e. The quantitative estimate of drug-likeness (QED) is 0.908. The van der Waals surface area contributed by atoms with Gasteiger partial charge in [-0.15, -0.1) is 0 Å². The van der Waals surface area contributed by atoms with Crippen LogP contribution in [0.2, 0.25) is 0 Å². The van der Waals surface area contributed by atoms with E-state index in [-0.39, 0.29) is 0 Å². The van der Waals surface area contributed by atoms with Crippen LogP contribution < -0.4 is 5.32 Å². The molecular weight excluding hydrogens is 284 g/mol. The van der Waals surface area contributed by atoms with Gasteiger partial charge in [-0.25, -0.2) is 8.42 Å². The molecule has 1 N–H and O–H groups in total. The third-order valence-corrected chi connectivity index (χ3v) is 6.57. The Morgan fingerprint density at radius 2 is 2.05 bits per heavy atom. The van der Waals surface area contributed by atoms with Gasteiger partial charge in [0.1, 0.15) is 0 Å². The summed E-state index contributed by atoms with van der Waals surface area (Å²) in [7, 11) is -3.34. The lowest BCUT2D eigenvalue weighted by Gasteiger charge is -2.19. The first-order valence-electron chi connectivity index (χ1n) is 7.80. The molecule has 1 aromatic carbocycles. The Bertz CT molecular complexity index is 623. The molecule has 1 heterocycles. The normalized spacial score (nSPS) is 23.6. The van der Waals surface area contributed by atoms with E-state index in [0.717, 1.165) is 24.1 Å². The van der Waals surface area contributed by atoms with Gasteiger partial charge in [-0.3, -0.25) is 0 Å². The van der Waals surface area contributed by atoms with Crippen molar-refractivity contribution in [1.29, 1.82) is 0 Å². The van der Waals surface area contributed by atoms with Gasteiger partial charge >= 0.3 is 0 Å². The second-order valence-corrected chi connectivity index (χ2v) is 8.36. The van der Waals surface area contributed by atoms with Gasteiger partial charge in [0.2, 0.25) is 10.0 Å². The molecule has 0 spiro atoms. The van der Waals surface area contributed by atoms with Crippen LogP contribution in [-0.2, 0) is 16.6 Å². The first-order chi connectivity index (χ1) is 9.98. The van der Waals surface area contributed by atoms with Crippen molar-refractivity contribution in [2.75, 3.05) is 13.1 Å². The molecule has 0 amide bonds. The fraction of sp³-hybridized carbons (Fsp3) is 0.625. The topological polar surface area (TPSA) is 49.4 Å². The molecule has 0 radical (unpaired) electrons. The van der Waals surface area contributed by atoms with Gasteiger partial charge in [0.15, 0.2) is 0 Å². The lowest BCUT2D eigenvalue weighted by atomic mass is 10.1. The summed E-state index contributed by atoms with van der Waals surface area (Å²) in [5, 5.41) is 3.46. The van der Waals surface area contributed by atoms with Crippen molar-refractivity contribution in [2.24, 2.45) is 5.92 Å². The Labute approximate surface area is 127 Å². The maximum absolute atomic E-state index is 12.8. The molecule has 0 aromatic heterocycles. The number of benzene rings is 1. The number of sulfonamides is 1. The van der Waals surface area contributed by atoms with Crippen molar-refractivity contribution < 1.29 is 8.42 Å². The van der Waals surface area contributed by atoms with Crippen LogP contribution in [0.15, 0.2) is 23.1 Å². The molecule has 1 aliphatic carbocycles. The van der Waals surface area contributed by atoms with Crippen LogP contribution in [0.25, 0.3) is 0 Å². The van der Waals surface area contributed by atoms with E-state index in [1.165, 1.54) is 12.8 Å². The van der Waals surface area contributed by atoms with Crippen molar-refractivity contribution in [3.63, 3.8) is 0 Å². The third-order valence-electron chi connectivity index (χ3n) is 4.56. The number of hydrogen-bond acceptors (Lipinski definition) is 3. The molecular formula is C16H24N2O2S. The van der Waals surface area contributed by atoms with Crippen LogP contribution in [-0.4, -0.2) is 31.9 Å². The standard InChI is InChI=1S/C16H24N2O2S/c1-12-8-9-18(11-12)21(19,20)16-5-3-4-14(13(16)2)10-17-15-6-7-15/h3-5,12,15,17H,6-11H2,1-2H3. The maximum Gasteiger partial charge on any atom is 0.243 e. The second kappa shape index (κ2) is 5.71. The number of rotatable bonds is 5. The van der Waals surface area contributed by atoms with Crippen molar-refractivity contribution >= 4 is 10.0 Å². The predicted molar refractivity (Wildman–Crippen MR) is 83.6 cm³/mol. The highest BCUT2D eigenvalue weighted by atomic mass is 32.2. The summed E-state index contributed by atoms with van der Waals surface area (Å²) in [6.45, 7) is 6.09. The zero-order valence-electron chi connectivity index (χ0n) is 12.8. The van der Waals surface area contributed by atoms with E-state index in [1.807, 2.05) is 19.1 Å². The fourth-order valence-corrected chi connectivity index (χ4v) is 4.77. The summed E-state index contributed by atoms with van der Waals surface area (Å²) in [5.74, 6) is 0.458. The minimum absolute atomic E-state index is 0.458. The van der Waals surface area contributed by atoms with Crippen LogP contribution in [0.4, 0.5) is 0 Å². The molecule has 1 unspecified atom stereocenters. The minimum Gasteiger partial charge on any atom is -0.310 e. The van der Waals surface area contributed by atoms with Crippen LogP contribution in [0.1, 0.15) is 37.3 Å². The van der Waals surface area contributed by atoms with E-state index in [1.54, 1.807) is 10.4 Å². The fourth-order valence-electron chi connectivity index (χ4n) is 2.92. The van der Waals surface area contributed by atoms with E-state index in [9.17, 15) is 8.42 Å². The van der Waals surface area contributed by atoms with Gasteiger partial charge in [-0.05, 0) is 49.3 Å². The molecule has 5 heteroatoms. The maximum atomic E-state index is 12.8. The SMILES string of the molecule is Cc1c(CNC2CC2)cccc1S(=O)(=O)N1CCC(C)C1. The van der Waals surface area contributed by atoms with Gasteiger partial charge in [0, 0.05) is 25.7 Å². The van der Waals surface area contributed by atoms with E-state index in [4.69, 9.17) is 0 Å². The molecule has 1 aromatic rings. The molecule has 3 rings (SSSR count). The van der Waals surface area contributed by atoms with Crippen LogP contribution in [0.5, 0.6) is 0 Å². The van der Waals surface area contributed by atoms with Crippen molar-refractivity contribution in [1.82, 2.24) is 9.62 Å². The second-order valence-electron chi connectivity index (χ2n) is 6.45. The van der Waals surface area contributed by atoms with Crippen LogP contribution in [0.3, 0.4) is 0 Å². The number of nitrogens with one attached hydrogen (secondary N) is 1. The van der Waals surface area contributed by atoms with Crippen molar-refractivity contribution in [3.8, 4) is 0 Å². The van der Waals surface area contributed by atoms with E-state index < -0.39 is 10.0 Å². The minimum atomic E-state index is -3.34.